The fourth-order valence-corrected chi connectivity index (χ4v) is 2.86. The molecular weight excluding hydrogens is 219 g/mol. The predicted molar refractivity (Wildman–Crippen MR) is 63.4 cm³/mol. The molecule has 1 unspecified atom stereocenters. The van der Waals surface area contributed by atoms with E-state index in [-0.39, 0.29) is 0 Å². The zero-order valence-corrected chi connectivity index (χ0v) is 9.85. The summed E-state index contributed by atoms with van der Waals surface area (Å²) in [6, 6.07) is 2.05. The molecule has 92 valence electrons. The highest BCUT2D eigenvalue weighted by Crippen LogP contribution is 2.23. The first-order chi connectivity index (χ1) is 8.33. The molecule has 1 aromatic rings. The highest BCUT2D eigenvalue weighted by atomic mass is 19.1. The summed E-state index contributed by atoms with van der Waals surface area (Å²) in [4.78, 5) is 12.4. The molecule has 2 saturated heterocycles. The van der Waals surface area contributed by atoms with Gasteiger partial charge < -0.3 is 4.90 Å². The van der Waals surface area contributed by atoms with Crippen molar-refractivity contribution in [3.63, 3.8) is 0 Å². The Labute approximate surface area is 100 Å². The highest BCUT2D eigenvalue weighted by molar-refractivity contribution is 5.38. The first-order valence-corrected chi connectivity index (χ1v) is 6.29. The third-order valence-corrected chi connectivity index (χ3v) is 3.78. The number of rotatable bonds is 1. The SMILES string of the molecule is Fc1cc(N2CCN3CCCCC3C2)ncn1. The Bertz CT molecular complexity index is 398. The second kappa shape index (κ2) is 4.56. The van der Waals surface area contributed by atoms with E-state index in [9.17, 15) is 4.39 Å². The number of hydrogen-bond donors (Lipinski definition) is 0. The zero-order chi connectivity index (χ0) is 11.7. The molecule has 0 N–H and O–H groups in total. The minimum atomic E-state index is -0.443. The quantitative estimate of drug-likeness (QED) is 0.688. The molecule has 0 radical (unpaired) electrons. The lowest BCUT2D eigenvalue weighted by atomic mass is 9.99. The number of anilines is 1. The molecule has 2 aliphatic rings. The van der Waals surface area contributed by atoms with Crippen LogP contribution in [0.25, 0.3) is 0 Å². The first kappa shape index (κ1) is 10.9. The van der Waals surface area contributed by atoms with Crippen LogP contribution in [0.15, 0.2) is 12.4 Å². The van der Waals surface area contributed by atoms with Gasteiger partial charge in [-0.1, -0.05) is 6.42 Å². The van der Waals surface area contributed by atoms with Crippen LogP contribution in [0, 0.1) is 5.95 Å². The van der Waals surface area contributed by atoms with Crippen molar-refractivity contribution in [2.45, 2.75) is 25.3 Å². The number of hydrogen-bond acceptors (Lipinski definition) is 4. The van der Waals surface area contributed by atoms with Crippen LogP contribution in [0.5, 0.6) is 0 Å². The predicted octanol–water partition coefficient (Wildman–Crippen LogP) is 1.29. The molecule has 4 nitrogen and oxygen atoms in total. The van der Waals surface area contributed by atoms with E-state index in [4.69, 9.17) is 0 Å². The van der Waals surface area contributed by atoms with Gasteiger partial charge in [-0.15, -0.1) is 0 Å². The van der Waals surface area contributed by atoms with Crippen molar-refractivity contribution in [3.05, 3.63) is 18.3 Å². The Morgan fingerprint density at radius 2 is 2.12 bits per heavy atom. The van der Waals surface area contributed by atoms with Gasteiger partial charge in [0.25, 0.3) is 0 Å². The summed E-state index contributed by atoms with van der Waals surface area (Å²) in [6.07, 6.45) is 5.19. The van der Waals surface area contributed by atoms with Crippen molar-refractivity contribution in [2.75, 3.05) is 31.1 Å². The lowest BCUT2D eigenvalue weighted by Crippen LogP contribution is -2.55. The Kier molecular flexibility index (Phi) is 2.93. The largest absolute Gasteiger partial charge is 0.354 e. The van der Waals surface area contributed by atoms with Gasteiger partial charge in [0.2, 0.25) is 5.95 Å². The molecular formula is C12H17FN4. The number of piperazine rings is 1. The number of aromatic nitrogens is 2. The smallest absolute Gasteiger partial charge is 0.218 e. The van der Waals surface area contributed by atoms with Crippen molar-refractivity contribution in [3.8, 4) is 0 Å². The van der Waals surface area contributed by atoms with Crippen LogP contribution in [0.4, 0.5) is 10.2 Å². The number of halogens is 1. The maximum atomic E-state index is 13.1. The molecule has 3 rings (SSSR count). The van der Waals surface area contributed by atoms with Gasteiger partial charge in [0, 0.05) is 31.7 Å². The third-order valence-electron chi connectivity index (χ3n) is 3.78. The summed E-state index contributed by atoms with van der Waals surface area (Å²) >= 11 is 0. The average Bonchev–Trinajstić information content (AvgIpc) is 2.38. The molecule has 0 aromatic carbocycles. The summed E-state index contributed by atoms with van der Waals surface area (Å²) < 4.78 is 13.1. The van der Waals surface area contributed by atoms with Crippen LogP contribution in [-0.4, -0.2) is 47.1 Å². The summed E-state index contributed by atoms with van der Waals surface area (Å²) in [7, 11) is 0. The van der Waals surface area contributed by atoms with Crippen molar-refractivity contribution >= 4 is 5.82 Å². The van der Waals surface area contributed by atoms with Crippen molar-refractivity contribution in [2.24, 2.45) is 0 Å². The van der Waals surface area contributed by atoms with Crippen molar-refractivity contribution in [1.29, 1.82) is 0 Å². The Morgan fingerprint density at radius 1 is 1.18 bits per heavy atom. The number of piperidine rings is 1. The molecule has 0 amide bonds. The Morgan fingerprint density at radius 3 is 3.00 bits per heavy atom. The van der Waals surface area contributed by atoms with Crippen LogP contribution >= 0.6 is 0 Å². The normalized spacial score (nSPS) is 25.7. The van der Waals surface area contributed by atoms with E-state index >= 15 is 0 Å². The fraction of sp³-hybridized carbons (Fsp3) is 0.667. The van der Waals surface area contributed by atoms with Gasteiger partial charge in [-0.05, 0) is 19.4 Å². The fourth-order valence-electron chi connectivity index (χ4n) is 2.86. The molecule has 0 bridgehead atoms. The second-order valence-corrected chi connectivity index (χ2v) is 4.83. The van der Waals surface area contributed by atoms with Crippen LogP contribution in [-0.2, 0) is 0 Å². The minimum Gasteiger partial charge on any atom is -0.354 e. The first-order valence-electron chi connectivity index (χ1n) is 6.29. The topological polar surface area (TPSA) is 32.3 Å². The van der Waals surface area contributed by atoms with Gasteiger partial charge in [0.15, 0.2) is 0 Å². The Balaban J connectivity index is 1.73. The van der Waals surface area contributed by atoms with E-state index in [1.807, 2.05) is 0 Å². The summed E-state index contributed by atoms with van der Waals surface area (Å²) in [5.74, 6) is 0.281. The van der Waals surface area contributed by atoms with E-state index in [2.05, 4.69) is 19.8 Å². The maximum absolute atomic E-state index is 13.1. The molecule has 1 aromatic heterocycles. The van der Waals surface area contributed by atoms with Gasteiger partial charge in [0.05, 0.1) is 0 Å². The number of fused-ring (bicyclic) bond motifs is 1. The van der Waals surface area contributed by atoms with Crippen molar-refractivity contribution < 1.29 is 4.39 Å². The van der Waals surface area contributed by atoms with E-state index in [1.165, 1.54) is 38.2 Å². The highest BCUT2D eigenvalue weighted by Gasteiger charge is 2.29. The van der Waals surface area contributed by atoms with Crippen LogP contribution in [0.1, 0.15) is 19.3 Å². The van der Waals surface area contributed by atoms with E-state index in [1.54, 1.807) is 0 Å². The van der Waals surface area contributed by atoms with E-state index in [0.29, 0.717) is 6.04 Å². The maximum Gasteiger partial charge on any atom is 0.218 e. The standard InChI is InChI=1S/C12H17FN4/c13-11-7-12(15-9-14-11)17-6-5-16-4-2-1-3-10(16)8-17/h7,9-10H,1-6,8H2. The molecule has 2 fully saturated rings. The molecule has 0 aliphatic carbocycles. The molecule has 17 heavy (non-hydrogen) atoms. The number of nitrogens with zero attached hydrogens (tertiary/aromatic N) is 4. The molecule has 3 heterocycles. The zero-order valence-electron chi connectivity index (χ0n) is 9.85. The molecule has 1 atom stereocenters. The van der Waals surface area contributed by atoms with E-state index in [0.717, 1.165) is 25.5 Å². The van der Waals surface area contributed by atoms with Crippen LogP contribution in [0.2, 0.25) is 0 Å². The monoisotopic (exact) mass is 236 g/mol. The van der Waals surface area contributed by atoms with Gasteiger partial charge in [-0.25, -0.2) is 9.97 Å². The van der Waals surface area contributed by atoms with Gasteiger partial charge in [-0.2, -0.15) is 4.39 Å². The van der Waals surface area contributed by atoms with Gasteiger partial charge in [-0.3, -0.25) is 4.90 Å². The van der Waals surface area contributed by atoms with Crippen molar-refractivity contribution in [1.82, 2.24) is 14.9 Å². The minimum absolute atomic E-state index is 0.443. The van der Waals surface area contributed by atoms with Gasteiger partial charge >= 0.3 is 0 Å². The molecule has 2 aliphatic heterocycles. The Hall–Kier alpha value is -1.23. The lowest BCUT2D eigenvalue weighted by Gasteiger charge is -2.44. The molecule has 0 saturated carbocycles. The third kappa shape index (κ3) is 2.24. The molecule has 0 spiro atoms. The average molecular weight is 236 g/mol. The van der Waals surface area contributed by atoms with Crippen LogP contribution in [0.3, 0.4) is 0 Å². The second-order valence-electron chi connectivity index (χ2n) is 4.83. The van der Waals surface area contributed by atoms with Gasteiger partial charge in [0.1, 0.15) is 12.1 Å². The lowest BCUT2D eigenvalue weighted by molar-refractivity contribution is 0.133. The van der Waals surface area contributed by atoms with Crippen LogP contribution < -0.4 is 4.90 Å². The van der Waals surface area contributed by atoms with E-state index < -0.39 is 5.95 Å². The summed E-state index contributed by atoms with van der Waals surface area (Å²) in [5, 5.41) is 0. The summed E-state index contributed by atoms with van der Waals surface area (Å²) in [6.45, 7) is 4.19. The molecule has 5 heteroatoms. The summed E-state index contributed by atoms with van der Waals surface area (Å²) in [5.41, 5.74) is 0.